The summed E-state index contributed by atoms with van der Waals surface area (Å²) in [6.45, 7) is 0. The Kier molecular flexibility index (Phi) is 2.70. The average molecular weight is 232 g/mol. The van der Waals surface area contributed by atoms with Gasteiger partial charge in [0, 0.05) is 18.3 Å². The van der Waals surface area contributed by atoms with Crippen molar-refractivity contribution in [2.75, 3.05) is 11.1 Å². The molecule has 1 aromatic heterocycles. The van der Waals surface area contributed by atoms with Crippen LogP contribution in [0, 0.1) is 0 Å². The van der Waals surface area contributed by atoms with Crippen LogP contribution in [0.5, 0.6) is 0 Å². The van der Waals surface area contributed by atoms with E-state index in [1.54, 1.807) is 25.4 Å². The van der Waals surface area contributed by atoms with Gasteiger partial charge in [0.2, 0.25) is 0 Å². The van der Waals surface area contributed by atoms with Gasteiger partial charge in [0.1, 0.15) is 5.82 Å². The van der Waals surface area contributed by atoms with Crippen LogP contribution in [0.3, 0.4) is 0 Å². The number of hydrogen-bond acceptors (Lipinski definition) is 3. The summed E-state index contributed by atoms with van der Waals surface area (Å²) in [6.07, 6.45) is 0.488. The molecule has 0 aliphatic heterocycles. The Bertz CT molecular complexity index is 545. The van der Waals surface area contributed by atoms with Crippen molar-refractivity contribution in [2.45, 2.75) is 0 Å². The SMILES string of the molecule is Cn1ncc(-c2ccc(N)cc2)c1NC(=O)O. The van der Waals surface area contributed by atoms with Gasteiger partial charge in [0.25, 0.3) is 0 Å². The number of aromatic nitrogens is 2. The first-order valence-corrected chi connectivity index (χ1v) is 4.96. The van der Waals surface area contributed by atoms with Gasteiger partial charge in [-0.15, -0.1) is 0 Å². The molecule has 2 aromatic rings. The third kappa shape index (κ3) is 2.20. The lowest BCUT2D eigenvalue weighted by Gasteiger charge is -2.05. The predicted molar refractivity (Wildman–Crippen MR) is 64.7 cm³/mol. The van der Waals surface area contributed by atoms with Gasteiger partial charge in [-0.05, 0) is 17.7 Å². The lowest BCUT2D eigenvalue weighted by molar-refractivity contribution is 0.209. The monoisotopic (exact) mass is 232 g/mol. The minimum absolute atomic E-state index is 0.433. The molecular weight excluding hydrogens is 220 g/mol. The number of carboxylic acid groups (broad SMARTS) is 1. The zero-order chi connectivity index (χ0) is 12.4. The molecule has 17 heavy (non-hydrogen) atoms. The van der Waals surface area contributed by atoms with E-state index in [-0.39, 0.29) is 0 Å². The lowest BCUT2D eigenvalue weighted by atomic mass is 10.1. The molecule has 1 heterocycles. The number of anilines is 2. The highest BCUT2D eigenvalue weighted by atomic mass is 16.4. The molecule has 0 aliphatic rings. The zero-order valence-electron chi connectivity index (χ0n) is 9.21. The molecule has 1 aromatic carbocycles. The second kappa shape index (κ2) is 4.17. The first-order chi connectivity index (χ1) is 8.08. The van der Waals surface area contributed by atoms with Crippen LogP contribution in [0.25, 0.3) is 11.1 Å². The number of nitrogens with two attached hydrogens (primary N) is 1. The third-order valence-corrected chi connectivity index (χ3v) is 2.39. The van der Waals surface area contributed by atoms with Crippen LogP contribution in [-0.2, 0) is 7.05 Å². The fourth-order valence-electron chi connectivity index (χ4n) is 1.56. The van der Waals surface area contributed by atoms with Crippen molar-refractivity contribution < 1.29 is 9.90 Å². The number of nitrogens with one attached hydrogen (secondary N) is 1. The second-order valence-corrected chi connectivity index (χ2v) is 3.58. The molecule has 6 heteroatoms. The standard InChI is InChI=1S/C11H12N4O2/c1-15-10(14-11(16)17)9(6-13-15)7-2-4-8(12)5-3-7/h2-6,14H,12H2,1H3,(H,16,17). The molecule has 1 amide bonds. The number of hydrogen-bond donors (Lipinski definition) is 3. The van der Waals surface area contributed by atoms with Crippen molar-refractivity contribution in [1.29, 1.82) is 0 Å². The fourth-order valence-corrected chi connectivity index (χ4v) is 1.56. The topological polar surface area (TPSA) is 93.2 Å². The molecule has 0 atom stereocenters. The Morgan fingerprint density at radius 2 is 2.06 bits per heavy atom. The quantitative estimate of drug-likeness (QED) is 0.688. The van der Waals surface area contributed by atoms with Crippen LogP contribution in [-0.4, -0.2) is 21.0 Å². The molecule has 4 N–H and O–H groups in total. The van der Waals surface area contributed by atoms with Gasteiger partial charge in [-0.1, -0.05) is 12.1 Å². The molecule has 0 radical (unpaired) electrons. The van der Waals surface area contributed by atoms with E-state index in [0.29, 0.717) is 11.5 Å². The molecule has 0 fully saturated rings. The second-order valence-electron chi connectivity index (χ2n) is 3.58. The number of carbonyl (C=O) groups is 1. The first kappa shape index (κ1) is 11.0. The predicted octanol–water partition coefficient (Wildman–Crippen LogP) is 1.76. The maximum absolute atomic E-state index is 10.7. The highest BCUT2D eigenvalue weighted by Gasteiger charge is 2.12. The maximum Gasteiger partial charge on any atom is 0.410 e. The van der Waals surface area contributed by atoms with E-state index in [2.05, 4.69) is 10.4 Å². The van der Waals surface area contributed by atoms with Crippen LogP contribution in [0.1, 0.15) is 0 Å². The smallest absolute Gasteiger partial charge is 0.410 e. The van der Waals surface area contributed by atoms with E-state index in [1.807, 2.05) is 12.1 Å². The normalized spacial score (nSPS) is 10.2. The number of benzene rings is 1. The summed E-state index contributed by atoms with van der Waals surface area (Å²) in [4.78, 5) is 10.7. The van der Waals surface area contributed by atoms with Crippen molar-refractivity contribution in [2.24, 2.45) is 7.05 Å². The number of rotatable bonds is 2. The zero-order valence-corrected chi connectivity index (χ0v) is 9.21. The molecule has 0 spiro atoms. The molecule has 0 saturated carbocycles. The first-order valence-electron chi connectivity index (χ1n) is 4.96. The van der Waals surface area contributed by atoms with E-state index < -0.39 is 6.09 Å². The molecule has 0 bridgehead atoms. The van der Waals surface area contributed by atoms with E-state index >= 15 is 0 Å². The van der Waals surface area contributed by atoms with E-state index in [1.165, 1.54) is 4.68 Å². The summed E-state index contributed by atoms with van der Waals surface area (Å²) in [6, 6.07) is 7.15. The van der Waals surface area contributed by atoms with E-state index in [9.17, 15) is 4.79 Å². The Balaban J connectivity index is 2.45. The van der Waals surface area contributed by atoms with Gasteiger partial charge >= 0.3 is 6.09 Å². The lowest BCUT2D eigenvalue weighted by Crippen LogP contribution is -2.11. The van der Waals surface area contributed by atoms with Gasteiger partial charge in [-0.2, -0.15) is 5.10 Å². The Morgan fingerprint density at radius 3 is 2.65 bits per heavy atom. The number of aryl methyl sites for hydroxylation is 1. The van der Waals surface area contributed by atoms with Crippen LogP contribution < -0.4 is 11.1 Å². The summed E-state index contributed by atoms with van der Waals surface area (Å²) in [5.74, 6) is 0.433. The van der Waals surface area contributed by atoms with Crippen molar-refractivity contribution in [3.63, 3.8) is 0 Å². The van der Waals surface area contributed by atoms with Crippen LogP contribution in [0.15, 0.2) is 30.5 Å². The Labute approximate surface area is 97.7 Å². The highest BCUT2D eigenvalue weighted by Crippen LogP contribution is 2.27. The molecule has 0 aliphatic carbocycles. The average Bonchev–Trinajstić information content (AvgIpc) is 2.61. The summed E-state index contributed by atoms with van der Waals surface area (Å²) >= 11 is 0. The summed E-state index contributed by atoms with van der Waals surface area (Å²) in [7, 11) is 1.67. The third-order valence-electron chi connectivity index (χ3n) is 2.39. The number of nitrogens with zero attached hydrogens (tertiary/aromatic N) is 2. The van der Waals surface area contributed by atoms with E-state index in [0.717, 1.165) is 11.1 Å². The van der Waals surface area contributed by atoms with E-state index in [4.69, 9.17) is 10.8 Å². The molecule has 6 nitrogen and oxygen atoms in total. The van der Waals surface area contributed by atoms with Crippen molar-refractivity contribution in [1.82, 2.24) is 9.78 Å². The number of amides is 1. The summed E-state index contributed by atoms with van der Waals surface area (Å²) < 4.78 is 1.47. The molecular formula is C11H12N4O2. The number of nitrogen functional groups attached to an aromatic ring is 1. The summed E-state index contributed by atoms with van der Waals surface area (Å²) in [5.41, 5.74) is 7.83. The van der Waals surface area contributed by atoms with Gasteiger partial charge in [0.05, 0.1) is 6.20 Å². The molecule has 0 saturated heterocycles. The summed E-state index contributed by atoms with van der Waals surface area (Å²) in [5, 5.41) is 15.1. The Morgan fingerprint density at radius 1 is 1.41 bits per heavy atom. The highest BCUT2D eigenvalue weighted by molar-refractivity contribution is 5.88. The van der Waals surface area contributed by atoms with Crippen molar-refractivity contribution in [3.05, 3.63) is 30.5 Å². The van der Waals surface area contributed by atoms with Gasteiger partial charge < -0.3 is 10.8 Å². The van der Waals surface area contributed by atoms with Gasteiger partial charge in [-0.25, -0.2) is 4.79 Å². The van der Waals surface area contributed by atoms with Crippen molar-refractivity contribution in [3.8, 4) is 11.1 Å². The van der Waals surface area contributed by atoms with Crippen LogP contribution >= 0.6 is 0 Å². The molecule has 0 unspecified atom stereocenters. The maximum atomic E-state index is 10.7. The fraction of sp³-hybridized carbons (Fsp3) is 0.0909. The van der Waals surface area contributed by atoms with Crippen LogP contribution in [0.4, 0.5) is 16.3 Å². The van der Waals surface area contributed by atoms with Crippen molar-refractivity contribution >= 4 is 17.6 Å². The Hall–Kier alpha value is -2.50. The van der Waals surface area contributed by atoms with Crippen LogP contribution in [0.2, 0.25) is 0 Å². The minimum Gasteiger partial charge on any atom is -0.465 e. The van der Waals surface area contributed by atoms with Gasteiger partial charge in [0.15, 0.2) is 0 Å². The largest absolute Gasteiger partial charge is 0.465 e. The molecule has 88 valence electrons. The minimum atomic E-state index is -1.12. The van der Waals surface area contributed by atoms with Gasteiger partial charge in [-0.3, -0.25) is 10.00 Å². The molecule has 2 rings (SSSR count).